The van der Waals surface area contributed by atoms with Gasteiger partial charge in [0.15, 0.2) is 0 Å². The molecule has 1 N–H and O–H groups in total. The summed E-state index contributed by atoms with van der Waals surface area (Å²) in [6.07, 6.45) is 2.41. The summed E-state index contributed by atoms with van der Waals surface area (Å²) in [5.74, 6) is 0. The molecule has 1 unspecified atom stereocenters. The minimum Gasteiger partial charge on any atom is -0.387 e. The molecule has 0 fully saturated rings. The van der Waals surface area contributed by atoms with Crippen molar-refractivity contribution in [3.8, 4) is 0 Å². The van der Waals surface area contributed by atoms with Crippen molar-refractivity contribution < 1.29 is 5.11 Å². The second-order valence-corrected chi connectivity index (χ2v) is 6.73. The number of hydrogen-bond acceptors (Lipinski definition) is 3. The maximum absolute atomic E-state index is 10.3. The van der Waals surface area contributed by atoms with Crippen molar-refractivity contribution in [1.82, 2.24) is 4.98 Å². The van der Waals surface area contributed by atoms with Crippen molar-refractivity contribution in [2.45, 2.75) is 35.2 Å². The molecule has 4 rings (SSSR count). The fourth-order valence-electron chi connectivity index (χ4n) is 3.09. The first-order valence-corrected chi connectivity index (χ1v) is 8.47. The van der Waals surface area contributed by atoms with Gasteiger partial charge in [0.1, 0.15) is 0 Å². The number of pyridine rings is 1. The van der Waals surface area contributed by atoms with Crippen LogP contribution >= 0.6 is 11.8 Å². The van der Waals surface area contributed by atoms with E-state index in [0.29, 0.717) is 0 Å². The summed E-state index contributed by atoms with van der Waals surface area (Å²) in [6.45, 7) is 0. The van der Waals surface area contributed by atoms with Crippen LogP contribution in [-0.4, -0.2) is 10.1 Å². The molecule has 1 atom stereocenters. The Balaban J connectivity index is 1.94. The van der Waals surface area contributed by atoms with Crippen molar-refractivity contribution >= 4 is 22.7 Å². The topological polar surface area (TPSA) is 33.1 Å². The van der Waals surface area contributed by atoms with Crippen molar-refractivity contribution in [1.29, 1.82) is 0 Å². The van der Waals surface area contributed by atoms with Crippen LogP contribution < -0.4 is 0 Å². The number of fused-ring (bicyclic) bond motifs is 2. The number of nitrogens with zero attached hydrogens (tertiary/aromatic N) is 1. The Morgan fingerprint density at radius 3 is 2.64 bits per heavy atom. The molecule has 0 spiro atoms. The average Bonchev–Trinajstić information content (AvgIpc) is 2.57. The normalized spacial score (nSPS) is 17.4. The molecule has 0 amide bonds. The smallest absolute Gasteiger partial charge is 0.0963 e. The Kier molecular flexibility index (Phi) is 3.60. The molecule has 0 saturated carbocycles. The summed E-state index contributed by atoms with van der Waals surface area (Å²) < 4.78 is 0. The SMILES string of the molecule is OC1CCCc2c1nc1ccccc1c2Sc1ccccc1. The van der Waals surface area contributed by atoms with Gasteiger partial charge in [-0.25, -0.2) is 4.98 Å². The summed E-state index contributed by atoms with van der Waals surface area (Å²) in [7, 11) is 0. The van der Waals surface area contributed by atoms with Crippen LogP contribution in [-0.2, 0) is 6.42 Å². The number of aromatic nitrogens is 1. The van der Waals surface area contributed by atoms with Gasteiger partial charge in [0.2, 0.25) is 0 Å². The minimum absolute atomic E-state index is 0.427. The van der Waals surface area contributed by atoms with Crippen LogP contribution in [0.2, 0.25) is 0 Å². The third-order valence-corrected chi connectivity index (χ3v) is 5.33. The van der Waals surface area contributed by atoms with Gasteiger partial charge >= 0.3 is 0 Å². The van der Waals surface area contributed by atoms with Gasteiger partial charge in [0.05, 0.1) is 17.3 Å². The molecule has 0 radical (unpaired) electrons. The van der Waals surface area contributed by atoms with Crippen LogP contribution in [0.25, 0.3) is 10.9 Å². The molecule has 3 aromatic rings. The number of rotatable bonds is 2. The molecule has 110 valence electrons. The first kappa shape index (κ1) is 13.8. The molecule has 1 aliphatic rings. The first-order chi connectivity index (χ1) is 10.8. The van der Waals surface area contributed by atoms with Gasteiger partial charge in [-0.05, 0) is 43.0 Å². The minimum atomic E-state index is -0.427. The summed E-state index contributed by atoms with van der Waals surface area (Å²) in [5, 5.41) is 11.5. The van der Waals surface area contributed by atoms with Gasteiger partial charge < -0.3 is 5.11 Å². The van der Waals surface area contributed by atoms with Crippen molar-refractivity contribution in [3.05, 3.63) is 65.9 Å². The molecule has 2 nitrogen and oxygen atoms in total. The zero-order chi connectivity index (χ0) is 14.9. The maximum atomic E-state index is 10.3. The summed E-state index contributed by atoms with van der Waals surface area (Å²) in [5.41, 5.74) is 3.08. The van der Waals surface area contributed by atoms with Crippen LogP contribution in [0.4, 0.5) is 0 Å². The van der Waals surface area contributed by atoms with Gasteiger partial charge in [-0.3, -0.25) is 0 Å². The highest BCUT2D eigenvalue weighted by Gasteiger charge is 2.24. The Morgan fingerprint density at radius 2 is 1.77 bits per heavy atom. The molecule has 1 aliphatic carbocycles. The van der Waals surface area contributed by atoms with Crippen LogP contribution in [0.1, 0.15) is 30.2 Å². The average molecular weight is 307 g/mol. The van der Waals surface area contributed by atoms with E-state index >= 15 is 0 Å². The molecule has 1 aromatic heterocycles. The van der Waals surface area contributed by atoms with E-state index in [4.69, 9.17) is 4.98 Å². The highest BCUT2D eigenvalue weighted by molar-refractivity contribution is 7.99. The Hall–Kier alpha value is -1.84. The zero-order valence-corrected chi connectivity index (χ0v) is 13.0. The van der Waals surface area contributed by atoms with Gasteiger partial charge in [-0.15, -0.1) is 0 Å². The molecule has 2 aromatic carbocycles. The molecule has 22 heavy (non-hydrogen) atoms. The summed E-state index contributed by atoms with van der Waals surface area (Å²) in [6, 6.07) is 18.7. The predicted octanol–water partition coefficient (Wildman–Crippen LogP) is 4.76. The lowest BCUT2D eigenvalue weighted by atomic mass is 9.92. The lowest BCUT2D eigenvalue weighted by Gasteiger charge is -2.24. The highest BCUT2D eigenvalue weighted by Crippen LogP contribution is 2.41. The number of aliphatic hydroxyl groups is 1. The van der Waals surface area contributed by atoms with Gasteiger partial charge in [0.25, 0.3) is 0 Å². The van der Waals surface area contributed by atoms with Crippen molar-refractivity contribution in [3.63, 3.8) is 0 Å². The monoisotopic (exact) mass is 307 g/mol. The molecule has 0 saturated heterocycles. The van der Waals surface area contributed by atoms with Gasteiger partial charge in [-0.1, -0.05) is 48.2 Å². The van der Waals surface area contributed by atoms with Crippen LogP contribution in [0.3, 0.4) is 0 Å². The highest BCUT2D eigenvalue weighted by atomic mass is 32.2. The second-order valence-electron chi connectivity index (χ2n) is 5.65. The molecular weight excluding hydrogens is 290 g/mol. The summed E-state index contributed by atoms with van der Waals surface area (Å²) >= 11 is 1.78. The van der Waals surface area contributed by atoms with Gasteiger partial charge in [-0.2, -0.15) is 0 Å². The molecule has 3 heteroatoms. The number of benzene rings is 2. The number of para-hydroxylation sites is 1. The maximum Gasteiger partial charge on any atom is 0.0963 e. The van der Waals surface area contributed by atoms with E-state index in [9.17, 15) is 5.11 Å². The Morgan fingerprint density at radius 1 is 1.00 bits per heavy atom. The third-order valence-electron chi connectivity index (χ3n) is 4.16. The predicted molar refractivity (Wildman–Crippen MR) is 90.2 cm³/mol. The lowest BCUT2D eigenvalue weighted by Crippen LogP contribution is -2.13. The molecule has 0 aliphatic heterocycles. The summed E-state index contributed by atoms with van der Waals surface area (Å²) in [4.78, 5) is 7.21. The van der Waals surface area contributed by atoms with E-state index < -0.39 is 6.10 Å². The Bertz CT molecular complexity index is 816. The Labute approximate surface area is 134 Å². The zero-order valence-electron chi connectivity index (χ0n) is 12.2. The van der Waals surface area contributed by atoms with Crippen LogP contribution in [0, 0.1) is 0 Å². The van der Waals surface area contributed by atoms with E-state index in [1.165, 1.54) is 20.7 Å². The number of hydrogen-bond donors (Lipinski definition) is 1. The fraction of sp³-hybridized carbons (Fsp3) is 0.211. The standard InChI is InChI=1S/C19H17NOS/c21-17-12-6-10-15-18(17)20-16-11-5-4-9-14(16)19(15)22-13-7-2-1-3-8-13/h1-5,7-9,11,17,21H,6,10,12H2. The number of aliphatic hydroxyl groups excluding tert-OH is 1. The van der Waals surface area contributed by atoms with E-state index in [2.05, 4.69) is 36.4 Å². The third kappa shape index (κ3) is 2.40. The largest absolute Gasteiger partial charge is 0.387 e. The van der Waals surface area contributed by atoms with Crippen LogP contribution in [0.15, 0.2) is 64.4 Å². The van der Waals surface area contributed by atoms with Gasteiger partial charge in [0, 0.05) is 15.2 Å². The molecule has 0 bridgehead atoms. The first-order valence-electron chi connectivity index (χ1n) is 7.65. The lowest BCUT2D eigenvalue weighted by molar-refractivity contribution is 0.151. The fourth-order valence-corrected chi connectivity index (χ4v) is 4.23. The molecular formula is C19H17NOS. The van der Waals surface area contributed by atoms with E-state index in [0.717, 1.165) is 30.5 Å². The van der Waals surface area contributed by atoms with Crippen LogP contribution in [0.5, 0.6) is 0 Å². The van der Waals surface area contributed by atoms with Crippen molar-refractivity contribution in [2.75, 3.05) is 0 Å². The van der Waals surface area contributed by atoms with E-state index in [-0.39, 0.29) is 0 Å². The quantitative estimate of drug-likeness (QED) is 0.741. The molecule has 1 heterocycles. The van der Waals surface area contributed by atoms with E-state index in [1.807, 2.05) is 18.2 Å². The van der Waals surface area contributed by atoms with Crippen molar-refractivity contribution in [2.24, 2.45) is 0 Å². The second kappa shape index (κ2) is 5.75. The van der Waals surface area contributed by atoms with E-state index in [1.54, 1.807) is 11.8 Å².